The third-order valence-corrected chi connectivity index (χ3v) is 5.46. The predicted octanol–water partition coefficient (Wildman–Crippen LogP) is 6.64. The van der Waals surface area contributed by atoms with Crippen LogP contribution < -0.4 is 4.74 Å². The number of hydrogen-bond donors (Lipinski definition) is 1. The second kappa shape index (κ2) is 12.9. The summed E-state index contributed by atoms with van der Waals surface area (Å²) in [6, 6.07) is 8.43. The summed E-state index contributed by atoms with van der Waals surface area (Å²) in [7, 11) is 0. The zero-order chi connectivity index (χ0) is 23.7. The predicted molar refractivity (Wildman–Crippen MR) is 123 cm³/mol. The number of aromatic nitrogens is 2. The highest BCUT2D eigenvalue weighted by atomic mass is 35.5. The smallest absolute Gasteiger partial charge is 0.291 e. The minimum atomic E-state index is -1.50. The molecule has 0 saturated heterocycles. The molecule has 3 rings (SSSR count). The summed E-state index contributed by atoms with van der Waals surface area (Å²) in [4.78, 5) is 12.4. The molecule has 1 heterocycles. The molecular formula is C19H16Cl5N3O5. The Balaban J connectivity index is 0.000000837. The van der Waals surface area contributed by atoms with Crippen molar-refractivity contribution in [3.63, 3.8) is 0 Å². The zero-order valence-electron chi connectivity index (χ0n) is 16.1. The maximum absolute atomic E-state index is 8.36. The third kappa shape index (κ3) is 8.54. The lowest BCUT2D eigenvalue weighted by Crippen LogP contribution is -2.16. The van der Waals surface area contributed by atoms with Gasteiger partial charge in [-0.15, -0.1) is 10.1 Å². The van der Waals surface area contributed by atoms with Crippen LogP contribution in [0.4, 0.5) is 0 Å². The molecule has 1 N–H and O–H groups in total. The molecule has 0 aliphatic carbocycles. The summed E-state index contributed by atoms with van der Waals surface area (Å²) < 4.78 is 13.6. The number of imidazole rings is 1. The molecule has 0 saturated carbocycles. The molecule has 0 spiro atoms. The Morgan fingerprint density at radius 2 is 1.72 bits per heavy atom. The highest BCUT2D eigenvalue weighted by Crippen LogP contribution is 2.34. The number of hydrogen-bond acceptors (Lipinski definition) is 5. The molecule has 0 aliphatic rings. The van der Waals surface area contributed by atoms with Gasteiger partial charge in [0.2, 0.25) is 0 Å². The van der Waals surface area contributed by atoms with Gasteiger partial charge in [-0.1, -0.05) is 64.1 Å². The Bertz CT molecular complexity index is 1030. The molecule has 3 aromatic rings. The van der Waals surface area contributed by atoms with Crippen molar-refractivity contribution in [2.24, 2.45) is 0 Å². The molecule has 1 atom stereocenters. The van der Waals surface area contributed by atoms with Crippen LogP contribution in [0, 0.1) is 10.1 Å². The summed E-state index contributed by atoms with van der Waals surface area (Å²) in [5.41, 5.74) is 0.826. The van der Waals surface area contributed by atoms with Crippen molar-refractivity contribution < 1.29 is 19.8 Å². The Morgan fingerprint density at radius 1 is 1.03 bits per heavy atom. The maximum atomic E-state index is 8.36. The van der Waals surface area contributed by atoms with E-state index in [4.69, 9.17) is 82.8 Å². The first kappa shape index (κ1) is 26.3. The fourth-order valence-corrected chi connectivity index (χ4v) is 3.67. The average Bonchev–Trinajstić information content (AvgIpc) is 3.21. The second-order valence-electron chi connectivity index (χ2n) is 6.07. The quantitative estimate of drug-likeness (QED) is 0.148. The monoisotopic (exact) mass is 541 g/mol. The third-order valence-electron chi connectivity index (χ3n) is 3.88. The van der Waals surface area contributed by atoms with Crippen molar-refractivity contribution in [1.29, 1.82) is 0 Å². The molecule has 0 amide bonds. The van der Waals surface area contributed by atoms with E-state index in [2.05, 4.69) is 4.98 Å². The van der Waals surface area contributed by atoms with Crippen LogP contribution in [0.1, 0.15) is 11.7 Å². The molecule has 0 aliphatic heterocycles. The van der Waals surface area contributed by atoms with E-state index in [0.717, 1.165) is 5.56 Å². The number of benzene rings is 2. The van der Waals surface area contributed by atoms with Crippen LogP contribution in [0.25, 0.3) is 0 Å². The summed E-state index contributed by atoms with van der Waals surface area (Å²) in [6.07, 6.45) is 4.96. The average molecular weight is 544 g/mol. The summed E-state index contributed by atoms with van der Waals surface area (Å²) >= 11 is 30.4. The van der Waals surface area contributed by atoms with E-state index in [1.165, 1.54) is 6.07 Å². The molecule has 0 fully saturated rings. The summed E-state index contributed by atoms with van der Waals surface area (Å²) in [6.45, 7) is 1.10. The van der Waals surface area contributed by atoms with E-state index in [9.17, 15) is 0 Å². The molecule has 8 nitrogen and oxygen atoms in total. The van der Waals surface area contributed by atoms with Gasteiger partial charge in [-0.25, -0.2) is 4.98 Å². The Hall–Kier alpha value is -1.94. The van der Waals surface area contributed by atoms with Gasteiger partial charge in [-0.2, -0.15) is 0 Å². The Labute approximate surface area is 208 Å². The minimum absolute atomic E-state index is 0.267. The molecule has 0 radical (unpaired) electrons. The fraction of sp³-hybridized carbons (Fsp3) is 0.211. The summed E-state index contributed by atoms with van der Waals surface area (Å²) in [5, 5.41) is 15.9. The molecule has 1 aromatic heterocycles. The standard InChI is InChI=1S/C19H15Cl5N2O2.HNO3/c20-12-1-2-13(14(21)7-12)19(10-26-4-3-25-11-26)28-6-5-27-18-9-16(23)15(22)8-17(18)24;2-1(3)4/h1-4,7-9,11,19H,5-6,10H2;(H,2,3,4). The number of halogens is 5. The van der Waals surface area contributed by atoms with E-state index in [1.807, 2.05) is 16.8 Å². The van der Waals surface area contributed by atoms with Gasteiger partial charge in [-0.05, 0) is 18.2 Å². The first-order chi connectivity index (χ1) is 15.2. The number of ether oxygens (including phenoxy) is 2. The van der Waals surface area contributed by atoms with Crippen LogP contribution in [-0.2, 0) is 11.3 Å². The van der Waals surface area contributed by atoms with Gasteiger partial charge in [0, 0.05) is 34.1 Å². The lowest BCUT2D eigenvalue weighted by Gasteiger charge is -2.20. The van der Waals surface area contributed by atoms with Crippen LogP contribution in [0.5, 0.6) is 5.75 Å². The number of nitrogens with zero attached hydrogens (tertiary/aromatic N) is 3. The van der Waals surface area contributed by atoms with Crippen molar-refractivity contribution in [3.05, 3.63) is 89.8 Å². The van der Waals surface area contributed by atoms with E-state index >= 15 is 0 Å². The van der Waals surface area contributed by atoms with Gasteiger partial charge >= 0.3 is 0 Å². The largest absolute Gasteiger partial charge is 0.490 e. The van der Waals surface area contributed by atoms with E-state index in [-0.39, 0.29) is 12.7 Å². The van der Waals surface area contributed by atoms with Crippen molar-refractivity contribution in [1.82, 2.24) is 9.55 Å². The van der Waals surface area contributed by atoms with Gasteiger partial charge in [0.05, 0.1) is 34.5 Å². The zero-order valence-corrected chi connectivity index (χ0v) is 19.9. The first-order valence-corrected chi connectivity index (χ1v) is 10.7. The van der Waals surface area contributed by atoms with Crippen molar-refractivity contribution in [2.45, 2.75) is 12.6 Å². The van der Waals surface area contributed by atoms with E-state index in [0.29, 0.717) is 44.0 Å². The van der Waals surface area contributed by atoms with Gasteiger partial charge in [0.25, 0.3) is 5.09 Å². The summed E-state index contributed by atoms with van der Waals surface area (Å²) in [5.74, 6) is 0.440. The maximum Gasteiger partial charge on any atom is 0.291 e. The van der Waals surface area contributed by atoms with E-state index < -0.39 is 5.09 Å². The van der Waals surface area contributed by atoms with Crippen LogP contribution in [-0.4, -0.2) is 33.1 Å². The van der Waals surface area contributed by atoms with Gasteiger partial charge in [0.1, 0.15) is 18.5 Å². The minimum Gasteiger partial charge on any atom is -0.490 e. The fourth-order valence-electron chi connectivity index (χ4n) is 2.55. The van der Waals surface area contributed by atoms with Crippen molar-refractivity contribution in [2.75, 3.05) is 13.2 Å². The van der Waals surface area contributed by atoms with Crippen molar-refractivity contribution >= 4 is 58.0 Å². The first-order valence-electron chi connectivity index (χ1n) is 8.80. The lowest BCUT2D eigenvalue weighted by atomic mass is 10.1. The Kier molecular flexibility index (Phi) is 10.6. The van der Waals surface area contributed by atoms with E-state index in [1.54, 1.807) is 30.7 Å². The molecule has 172 valence electrons. The van der Waals surface area contributed by atoms with Crippen LogP contribution in [0.2, 0.25) is 25.1 Å². The van der Waals surface area contributed by atoms with Crippen LogP contribution >= 0.6 is 58.0 Å². The van der Waals surface area contributed by atoms with Crippen LogP contribution in [0.3, 0.4) is 0 Å². The second-order valence-corrected chi connectivity index (χ2v) is 8.13. The molecular weight excluding hydrogens is 527 g/mol. The molecule has 0 bridgehead atoms. The molecule has 1 unspecified atom stereocenters. The highest BCUT2D eigenvalue weighted by Gasteiger charge is 2.17. The van der Waals surface area contributed by atoms with Gasteiger partial charge in [-0.3, -0.25) is 0 Å². The van der Waals surface area contributed by atoms with Gasteiger partial charge in [0.15, 0.2) is 0 Å². The Morgan fingerprint density at radius 3 is 2.34 bits per heavy atom. The van der Waals surface area contributed by atoms with Crippen LogP contribution in [0.15, 0.2) is 49.1 Å². The SMILES string of the molecule is Clc1ccc(C(Cn2ccnc2)OCCOc2cc(Cl)c(Cl)cc2Cl)c(Cl)c1.O=[N+]([O-])O. The topological polar surface area (TPSA) is 99.7 Å². The van der Waals surface area contributed by atoms with Crippen molar-refractivity contribution in [3.8, 4) is 5.75 Å². The molecule has 32 heavy (non-hydrogen) atoms. The highest BCUT2D eigenvalue weighted by molar-refractivity contribution is 6.43. The normalized spacial score (nSPS) is 11.4. The molecule has 13 heteroatoms. The van der Waals surface area contributed by atoms with Gasteiger partial charge < -0.3 is 19.2 Å². The number of rotatable bonds is 8. The lowest BCUT2D eigenvalue weighted by molar-refractivity contribution is -0.742. The molecule has 2 aromatic carbocycles.